The zero-order valence-electron chi connectivity index (χ0n) is 19.9. The molecule has 0 saturated carbocycles. The van der Waals surface area contributed by atoms with Crippen molar-refractivity contribution in [3.8, 4) is 11.5 Å². The van der Waals surface area contributed by atoms with Gasteiger partial charge in [-0.2, -0.15) is 0 Å². The minimum absolute atomic E-state index is 0.171. The van der Waals surface area contributed by atoms with E-state index in [9.17, 15) is 18.8 Å². The van der Waals surface area contributed by atoms with Gasteiger partial charge in [0.1, 0.15) is 17.3 Å². The molecule has 7 heteroatoms. The fourth-order valence-electron chi connectivity index (χ4n) is 3.31. The summed E-state index contributed by atoms with van der Waals surface area (Å²) in [5.41, 5.74) is 2.85. The molecule has 0 aromatic heterocycles. The van der Waals surface area contributed by atoms with E-state index in [0.717, 1.165) is 11.1 Å². The minimum Gasteiger partial charge on any atom is -0.457 e. The molecule has 1 N–H and O–H groups in total. The Balaban J connectivity index is 1.70. The molecule has 0 saturated heterocycles. The first-order valence-corrected chi connectivity index (χ1v) is 11.1. The van der Waals surface area contributed by atoms with Gasteiger partial charge in [-0.3, -0.25) is 19.7 Å². The summed E-state index contributed by atoms with van der Waals surface area (Å²) in [6.07, 6.45) is 2.46. The van der Waals surface area contributed by atoms with Crippen LogP contribution < -0.4 is 10.1 Å². The summed E-state index contributed by atoms with van der Waals surface area (Å²) >= 11 is 0. The van der Waals surface area contributed by atoms with Crippen LogP contribution in [0.3, 0.4) is 0 Å². The highest BCUT2D eigenvalue weighted by atomic mass is 19.1. The summed E-state index contributed by atoms with van der Waals surface area (Å²) in [5.74, 6) is 0.0422. The molecular weight excluding hydrogens is 447 g/mol. The summed E-state index contributed by atoms with van der Waals surface area (Å²) in [6.45, 7) is 1.30. The summed E-state index contributed by atoms with van der Waals surface area (Å²) in [6, 6.07) is 20.4. The van der Waals surface area contributed by atoms with E-state index in [1.54, 1.807) is 56.6 Å². The van der Waals surface area contributed by atoms with Crippen LogP contribution in [0.4, 0.5) is 4.39 Å². The highest BCUT2D eigenvalue weighted by Gasteiger charge is 2.15. The van der Waals surface area contributed by atoms with Gasteiger partial charge in [0.15, 0.2) is 0 Å². The second kappa shape index (κ2) is 11.7. The SMILES string of the molecule is CC(=O)NC(=O)CCc1ccc(Oc2ccc(/C(=C/c3ccc(F)cc3)C(=O)N(C)C)cc2)cc1. The largest absolute Gasteiger partial charge is 0.457 e. The average Bonchev–Trinajstić information content (AvgIpc) is 2.83. The molecular formula is C28H27FN2O4. The van der Waals surface area contributed by atoms with Crippen molar-refractivity contribution in [3.63, 3.8) is 0 Å². The molecule has 0 heterocycles. The van der Waals surface area contributed by atoms with Crippen molar-refractivity contribution in [2.24, 2.45) is 0 Å². The highest BCUT2D eigenvalue weighted by Crippen LogP contribution is 2.26. The molecule has 0 unspecified atom stereocenters. The second-order valence-electron chi connectivity index (χ2n) is 8.18. The van der Waals surface area contributed by atoms with Crippen LogP contribution in [0.15, 0.2) is 72.8 Å². The van der Waals surface area contributed by atoms with Gasteiger partial charge in [0.2, 0.25) is 11.8 Å². The molecule has 6 nitrogen and oxygen atoms in total. The molecule has 3 rings (SSSR count). The number of ether oxygens (including phenoxy) is 1. The van der Waals surface area contributed by atoms with E-state index in [4.69, 9.17) is 4.74 Å². The third-order valence-corrected chi connectivity index (χ3v) is 5.10. The topological polar surface area (TPSA) is 75.7 Å². The summed E-state index contributed by atoms with van der Waals surface area (Å²) in [4.78, 5) is 36.8. The van der Waals surface area contributed by atoms with Gasteiger partial charge in [-0.1, -0.05) is 36.4 Å². The first kappa shape index (κ1) is 25.4. The molecule has 0 atom stereocenters. The first-order valence-electron chi connectivity index (χ1n) is 11.1. The second-order valence-corrected chi connectivity index (χ2v) is 8.18. The number of nitrogens with one attached hydrogen (secondary N) is 1. The highest BCUT2D eigenvalue weighted by molar-refractivity contribution is 6.24. The first-order chi connectivity index (χ1) is 16.7. The number of rotatable bonds is 8. The molecule has 35 heavy (non-hydrogen) atoms. The van der Waals surface area contributed by atoms with Crippen LogP contribution in [0.25, 0.3) is 11.6 Å². The van der Waals surface area contributed by atoms with Crippen molar-refractivity contribution >= 4 is 29.4 Å². The van der Waals surface area contributed by atoms with Gasteiger partial charge in [-0.05, 0) is 65.6 Å². The molecule has 0 fully saturated rings. The Bertz CT molecular complexity index is 1220. The number of benzene rings is 3. The Kier molecular flexibility index (Phi) is 8.51. The van der Waals surface area contributed by atoms with E-state index >= 15 is 0 Å². The lowest BCUT2D eigenvalue weighted by Gasteiger charge is -2.15. The standard InChI is InChI=1S/C28H27FN2O4/c1-19(32)30-27(33)17-8-20-6-13-24(14-7-20)35-25-15-9-22(10-16-25)26(28(34)31(2)3)18-21-4-11-23(29)12-5-21/h4-7,9-16,18H,8,17H2,1-3H3,(H,30,32,33)/b26-18-. The fourth-order valence-corrected chi connectivity index (χ4v) is 3.31. The number of likely N-dealkylation sites (N-methyl/N-ethyl adjacent to an activating group) is 1. The van der Waals surface area contributed by atoms with Crippen LogP contribution in [-0.2, 0) is 20.8 Å². The molecule has 0 spiro atoms. The lowest BCUT2D eigenvalue weighted by Crippen LogP contribution is -2.27. The van der Waals surface area contributed by atoms with E-state index in [1.807, 2.05) is 24.3 Å². The maximum atomic E-state index is 13.3. The van der Waals surface area contributed by atoms with Crippen molar-refractivity contribution in [2.45, 2.75) is 19.8 Å². The van der Waals surface area contributed by atoms with E-state index in [1.165, 1.54) is 24.0 Å². The third kappa shape index (κ3) is 7.64. The van der Waals surface area contributed by atoms with Crippen LogP contribution >= 0.6 is 0 Å². The Labute approximate surface area is 204 Å². The van der Waals surface area contributed by atoms with Crippen LogP contribution in [0.5, 0.6) is 11.5 Å². The number of amides is 3. The van der Waals surface area contributed by atoms with E-state index in [2.05, 4.69) is 5.32 Å². The summed E-state index contributed by atoms with van der Waals surface area (Å²) < 4.78 is 19.2. The van der Waals surface area contributed by atoms with Gasteiger partial charge >= 0.3 is 0 Å². The number of hydrogen-bond donors (Lipinski definition) is 1. The Morgan fingerprint density at radius 2 is 1.46 bits per heavy atom. The lowest BCUT2D eigenvalue weighted by molar-refractivity contribution is -0.129. The van der Waals surface area contributed by atoms with Gasteiger partial charge in [0.25, 0.3) is 5.91 Å². The Morgan fingerprint density at radius 1 is 0.886 bits per heavy atom. The molecule has 180 valence electrons. The van der Waals surface area contributed by atoms with Crippen molar-refractivity contribution in [1.82, 2.24) is 10.2 Å². The van der Waals surface area contributed by atoms with Gasteiger partial charge in [0, 0.05) is 33.0 Å². The van der Waals surface area contributed by atoms with Crippen LogP contribution in [0.1, 0.15) is 30.0 Å². The number of imide groups is 1. The van der Waals surface area contributed by atoms with Crippen LogP contribution in [0, 0.1) is 5.82 Å². The number of carbonyl (C=O) groups is 3. The van der Waals surface area contributed by atoms with Gasteiger partial charge < -0.3 is 9.64 Å². The molecule has 0 aliphatic carbocycles. The molecule has 3 amide bonds. The molecule has 0 aliphatic rings. The number of halogens is 1. The fraction of sp³-hybridized carbons (Fsp3) is 0.179. The average molecular weight is 475 g/mol. The zero-order valence-corrected chi connectivity index (χ0v) is 19.9. The van der Waals surface area contributed by atoms with Crippen molar-refractivity contribution in [3.05, 3.63) is 95.3 Å². The van der Waals surface area contributed by atoms with Crippen LogP contribution in [-0.4, -0.2) is 36.7 Å². The van der Waals surface area contributed by atoms with Crippen LogP contribution in [0.2, 0.25) is 0 Å². The smallest absolute Gasteiger partial charge is 0.253 e. The van der Waals surface area contributed by atoms with Gasteiger partial charge in [-0.25, -0.2) is 4.39 Å². The molecule has 0 radical (unpaired) electrons. The Morgan fingerprint density at radius 3 is 2.00 bits per heavy atom. The predicted molar refractivity (Wildman–Crippen MR) is 133 cm³/mol. The van der Waals surface area contributed by atoms with E-state index in [-0.39, 0.29) is 30.0 Å². The molecule has 3 aromatic rings. The maximum absolute atomic E-state index is 13.3. The third-order valence-electron chi connectivity index (χ3n) is 5.10. The quantitative estimate of drug-likeness (QED) is 0.374. The molecule has 0 bridgehead atoms. The minimum atomic E-state index is -0.367. The summed E-state index contributed by atoms with van der Waals surface area (Å²) in [5, 5.41) is 2.25. The number of aryl methyl sites for hydroxylation is 1. The lowest BCUT2D eigenvalue weighted by atomic mass is 10.0. The molecule has 0 aliphatic heterocycles. The van der Waals surface area contributed by atoms with Gasteiger partial charge in [0.05, 0.1) is 0 Å². The summed E-state index contributed by atoms with van der Waals surface area (Å²) in [7, 11) is 3.36. The van der Waals surface area contributed by atoms with E-state index < -0.39 is 0 Å². The number of carbonyl (C=O) groups excluding carboxylic acids is 3. The monoisotopic (exact) mass is 474 g/mol. The van der Waals surface area contributed by atoms with E-state index in [0.29, 0.717) is 29.1 Å². The molecule has 3 aromatic carbocycles. The normalized spacial score (nSPS) is 11.0. The number of hydrogen-bond acceptors (Lipinski definition) is 4. The van der Waals surface area contributed by atoms with Crippen molar-refractivity contribution < 1.29 is 23.5 Å². The van der Waals surface area contributed by atoms with Gasteiger partial charge in [-0.15, -0.1) is 0 Å². The van der Waals surface area contributed by atoms with Crippen molar-refractivity contribution in [2.75, 3.05) is 14.1 Å². The maximum Gasteiger partial charge on any atom is 0.253 e. The van der Waals surface area contributed by atoms with Crippen molar-refractivity contribution in [1.29, 1.82) is 0 Å². The Hall–Kier alpha value is -4.26. The number of nitrogens with zero attached hydrogens (tertiary/aromatic N) is 1. The predicted octanol–water partition coefficient (Wildman–Crippen LogP) is 4.84. The zero-order chi connectivity index (χ0) is 25.4.